The Morgan fingerprint density at radius 1 is 1.11 bits per heavy atom. The lowest BCUT2D eigenvalue weighted by molar-refractivity contribution is -0.148. The number of fused-ring (bicyclic) bond motifs is 6. The van der Waals surface area contributed by atoms with Crippen molar-refractivity contribution in [2.75, 3.05) is 40.0 Å². The van der Waals surface area contributed by atoms with E-state index in [1.54, 1.807) is 12.7 Å². The van der Waals surface area contributed by atoms with Gasteiger partial charge in [0.2, 0.25) is 0 Å². The largest absolute Gasteiger partial charge is 0.393 e. The Morgan fingerprint density at radius 2 is 1.95 bits per heavy atom. The highest BCUT2D eigenvalue weighted by atomic mass is 16.5. The first-order valence-corrected chi connectivity index (χ1v) is 16.1. The number of piperidine rings is 1. The van der Waals surface area contributed by atoms with E-state index in [0.29, 0.717) is 53.4 Å². The average Bonchev–Trinajstić information content (AvgIpc) is 3.22. The van der Waals surface area contributed by atoms with Crippen LogP contribution in [0.25, 0.3) is 0 Å². The van der Waals surface area contributed by atoms with Gasteiger partial charge in [0.25, 0.3) is 0 Å². The summed E-state index contributed by atoms with van der Waals surface area (Å²) in [5.74, 6) is 3.76. The molecular weight excluding hydrogens is 474 g/mol. The SMILES string of the molecule is COCCOCCN1C[C@@H](C)C[C@H]2O[C@]3(CC[C@H]4[C@@H]5CC=C6C[C@@H](O)CC[C@]6(C)[C@H]5CC45CC53C)[C@H](C)[C@@H]21. The molecule has 6 fully saturated rings. The third-order valence-corrected chi connectivity index (χ3v) is 13.9. The summed E-state index contributed by atoms with van der Waals surface area (Å²) in [7, 11) is 1.74. The number of hydrogen-bond donors (Lipinski definition) is 1. The zero-order valence-corrected chi connectivity index (χ0v) is 24.7. The van der Waals surface area contributed by atoms with E-state index in [4.69, 9.17) is 14.2 Å². The summed E-state index contributed by atoms with van der Waals surface area (Å²) in [5, 5.41) is 10.4. The Hall–Kier alpha value is -0.460. The molecule has 12 atom stereocenters. The topological polar surface area (TPSA) is 51.2 Å². The van der Waals surface area contributed by atoms with Crippen LogP contribution in [-0.4, -0.2) is 73.9 Å². The smallest absolute Gasteiger partial charge is 0.0787 e. The summed E-state index contributed by atoms with van der Waals surface area (Å²) in [6.07, 6.45) is 13.8. The number of methoxy groups -OCH3 is 1. The van der Waals surface area contributed by atoms with E-state index in [9.17, 15) is 5.11 Å². The first kappa shape index (κ1) is 26.4. The molecule has 0 aromatic rings. The summed E-state index contributed by atoms with van der Waals surface area (Å²) in [6.45, 7) is 14.5. The molecule has 214 valence electrons. The molecule has 4 saturated carbocycles. The quantitative estimate of drug-likeness (QED) is 0.367. The molecule has 7 aliphatic rings. The highest BCUT2D eigenvalue weighted by Crippen LogP contribution is 2.87. The molecule has 5 aliphatic carbocycles. The summed E-state index contributed by atoms with van der Waals surface area (Å²) in [4.78, 5) is 2.74. The highest BCUT2D eigenvalue weighted by Gasteiger charge is 2.84. The summed E-state index contributed by atoms with van der Waals surface area (Å²) in [6, 6.07) is 0.526. The van der Waals surface area contributed by atoms with Gasteiger partial charge in [0.1, 0.15) is 0 Å². The van der Waals surface area contributed by atoms with E-state index < -0.39 is 0 Å². The molecule has 0 bridgehead atoms. The fourth-order valence-electron chi connectivity index (χ4n) is 12.1. The summed E-state index contributed by atoms with van der Waals surface area (Å²) >= 11 is 0. The van der Waals surface area contributed by atoms with Crippen LogP contribution in [0.15, 0.2) is 11.6 Å². The third-order valence-electron chi connectivity index (χ3n) is 13.9. The Labute approximate surface area is 231 Å². The first-order chi connectivity index (χ1) is 18.2. The van der Waals surface area contributed by atoms with Crippen LogP contribution in [0.4, 0.5) is 0 Å². The van der Waals surface area contributed by atoms with E-state index in [2.05, 4.69) is 38.7 Å². The summed E-state index contributed by atoms with van der Waals surface area (Å²) < 4.78 is 18.6. The van der Waals surface area contributed by atoms with Crippen molar-refractivity contribution in [3.63, 3.8) is 0 Å². The Morgan fingerprint density at radius 3 is 2.76 bits per heavy atom. The maximum Gasteiger partial charge on any atom is 0.0787 e. The van der Waals surface area contributed by atoms with Crippen LogP contribution in [0.2, 0.25) is 0 Å². The van der Waals surface area contributed by atoms with E-state index >= 15 is 0 Å². The summed E-state index contributed by atoms with van der Waals surface area (Å²) in [5.41, 5.74) is 2.73. The van der Waals surface area contributed by atoms with Gasteiger partial charge in [-0.3, -0.25) is 4.90 Å². The van der Waals surface area contributed by atoms with Crippen molar-refractivity contribution in [2.45, 2.75) is 109 Å². The van der Waals surface area contributed by atoms with Gasteiger partial charge >= 0.3 is 0 Å². The van der Waals surface area contributed by atoms with Gasteiger partial charge < -0.3 is 19.3 Å². The number of aliphatic hydroxyl groups is 1. The number of aliphatic hydroxyl groups excluding tert-OH is 1. The molecule has 0 aromatic heterocycles. The number of nitrogens with zero attached hydrogens (tertiary/aromatic N) is 1. The van der Waals surface area contributed by atoms with Gasteiger partial charge in [0.05, 0.1) is 37.6 Å². The predicted molar refractivity (Wildman–Crippen MR) is 149 cm³/mol. The second-order valence-electron chi connectivity index (χ2n) is 15.3. The van der Waals surface area contributed by atoms with Crippen LogP contribution < -0.4 is 0 Å². The van der Waals surface area contributed by atoms with Crippen molar-refractivity contribution in [3.8, 4) is 0 Å². The maximum atomic E-state index is 10.4. The lowest BCUT2D eigenvalue weighted by Crippen LogP contribution is -2.55. The van der Waals surface area contributed by atoms with Crippen LogP contribution in [-0.2, 0) is 14.2 Å². The number of ether oxygens (including phenoxy) is 3. The van der Waals surface area contributed by atoms with Gasteiger partial charge in [-0.05, 0) is 92.3 Å². The second kappa shape index (κ2) is 9.02. The van der Waals surface area contributed by atoms with Crippen LogP contribution in [0.5, 0.6) is 0 Å². The van der Waals surface area contributed by atoms with E-state index in [1.165, 1.54) is 51.5 Å². The Bertz CT molecular complexity index is 969. The minimum absolute atomic E-state index is 0.0332. The van der Waals surface area contributed by atoms with Crippen LogP contribution in [0.1, 0.15) is 85.5 Å². The molecule has 0 radical (unpaired) electrons. The van der Waals surface area contributed by atoms with E-state index in [1.807, 2.05) is 0 Å². The lowest BCUT2D eigenvalue weighted by Gasteiger charge is -2.50. The zero-order valence-electron chi connectivity index (χ0n) is 24.7. The molecular formula is C33H53NO4. The highest BCUT2D eigenvalue weighted by molar-refractivity contribution is 5.36. The number of likely N-dealkylation sites (tertiary alicyclic amines) is 1. The normalized spacial score (nSPS) is 55.1. The number of allylic oxidation sites excluding steroid dienone is 1. The van der Waals surface area contributed by atoms with Gasteiger partial charge in [-0.25, -0.2) is 0 Å². The molecule has 2 saturated heterocycles. The molecule has 2 aliphatic heterocycles. The molecule has 7 rings (SSSR count). The lowest BCUT2D eigenvalue weighted by atomic mass is 9.56. The molecule has 0 amide bonds. The molecule has 0 aromatic carbocycles. The maximum absolute atomic E-state index is 10.4. The zero-order chi connectivity index (χ0) is 26.5. The van der Waals surface area contributed by atoms with E-state index in [-0.39, 0.29) is 11.7 Å². The molecule has 38 heavy (non-hydrogen) atoms. The Balaban J connectivity index is 1.13. The van der Waals surface area contributed by atoms with E-state index in [0.717, 1.165) is 43.7 Å². The fraction of sp³-hybridized carbons (Fsp3) is 0.939. The van der Waals surface area contributed by atoms with Crippen molar-refractivity contribution >= 4 is 0 Å². The molecule has 5 nitrogen and oxygen atoms in total. The third kappa shape index (κ3) is 3.41. The van der Waals surface area contributed by atoms with Crippen molar-refractivity contribution in [1.29, 1.82) is 0 Å². The van der Waals surface area contributed by atoms with Gasteiger partial charge in [-0.15, -0.1) is 0 Å². The van der Waals surface area contributed by atoms with Crippen LogP contribution in [0.3, 0.4) is 0 Å². The number of rotatable bonds is 6. The molecule has 5 heteroatoms. The number of hydrogen-bond acceptors (Lipinski definition) is 5. The molecule has 2 heterocycles. The fourth-order valence-corrected chi connectivity index (χ4v) is 12.1. The monoisotopic (exact) mass is 527 g/mol. The molecule has 2 spiro atoms. The van der Waals surface area contributed by atoms with Crippen molar-refractivity contribution < 1.29 is 19.3 Å². The van der Waals surface area contributed by atoms with Crippen LogP contribution >= 0.6 is 0 Å². The second-order valence-corrected chi connectivity index (χ2v) is 15.3. The van der Waals surface area contributed by atoms with Gasteiger partial charge in [0, 0.05) is 37.6 Å². The minimum Gasteiger partial charge on any atom is -0.393 e. The van der Waals surface area contributed by atoms with Crippen molar-refractivity contribution in [3.05, 3.63) is 11.6 Å². The standard InChI is InChI=1S/C33H53NO4/c1-21-16-28-29(34(19-21)12-13-37-15-14-36-5)22(2)33(38-28)11-9-26-25-7-6-23-17-24(35)8-10-30(23,3)27(25)18-32(26)20-31(32,33)4/h6,21-22,24-29,35H,7-20H2,1-5H3/t21-,22+,24-,25-,26-,27-,28+,29-,30-,31?,32?,33+/m0/s1. The van der Waals surface area contributed by atoms with Gasteiger partial charge in [-0.2, -0.15) is 0 Å². The Kier molecular flexibility index (Phi) is 6.27. The van der Waals surface area contributed by atoms with Gasteiger partial charge in [-0.1, -0.05) is 39.3 Å². The van der Waals surface area contributed by atoms with Crippen molar-refractivity contribution in [2.24, 2.45) is 45.8 Å². The average molecular weight is 528 g/mol. The van der Waals surface area contributed by atoms with Crippen molar-refractivity contribution in [1.82, 2.24) is 4.90 Å². The molecule has 2 unspecified atom stereocenters. The molecule has 1 N–H and O–H groups in total. The predicted octanol–water partition coefficient (Wildman–Crippen LogP) is 5.46. The van der Waals surface area contributed by atoms with Gasteiger partial charge in [0.15, 0.2) is 0 Å². The minimum atomic E-state index is -0.117. The van der Waals surface area contributed by atoms with Crippen LogP contribution in [0, 0.1) is 45.8 Å². The first-order valence-electron chi connectivity index (χ1n) is 16.1.